The monoisotopic (exact) mass is 322 g/mol. The van der Waals surface area contributed by atoms with E-state index < -0.39 is 0 Å². The number of morpholine rings is 1. The van der Waals surface area contributed by atoms with Crippen LogP contribution in [0.5, 0.6) is 0 Å². The molecular formula is C15H22N4O2S. The van der Waals surface area contributed by atoms with Gasteiger partial charge in [-0.15, -0.1) is 11.3 Å². The minimum absolute atomic E-state index is 0.0460. The van der Waals surface area contributed by atoms with E-state index in [-0.39, 0.29) is 6.04 Å². The van der Waals surface area contributed by atoms with E-state index in [2.05, 4.69) is 44.8 Å². The van der Waals surface area contributed by atoms with Crippen LogP contribution in [0.2, 0.25) is 0 Å². The van der Waals surface area contributed by atoms with Gasteiger partial charge in [-0.05, 0) is 25.3 Å². The number of aryl methyl sites for hydroxylation is 1. The summed E-state index contributed by atoms with van der Waals surface area (Å²) in [5.74, 6) is 1.32. The lowest BCUT2D eigenvalue weighted by Gasteiger charge is -2.34. The van der Waals surface area contributed by atoms with Crippen molar-refractivity contribution in [2.75, 3.05) is 32.8 Å². The molecule has 0 radical (unpaired) electrons. The zero-order valence-electron chi connectivity index (χ0n) is 13.0. The summed E-state index contributed by atoms with van der Waals surface area (Å²) in [7, 11) is 0. The van der Waals surface area contributed by atoms with Gasteiger partial charge in [-0.2, -0.15) is 4.98 Å². The molecule has 120 valence electrons. The molecule has 0 amide bonds. The summed E-state index contributed by atoms with van der Waals surface area (Å²) in [6.07, 6.45) is 0. The minimum atomic E-state index is 0.0460. The quantitative estimate of drug-likeness (QED) is 0.879. The van der Waals surface area contributed by atoms with Crippen molar-refractivity contribution in [3.8, 4) is 0 Å². The predicted octanol–water partition coefficient (Wildman–Crippen LogP) is 2.16. The molecule has 6 nitrogen and oxygen atoms in total. The molecule has 1 N–H and O–H groups in total. The summed E-state index contributed by atoms with van der Waals surface area (Å²) < 4.78 is 10.7. The second kappa shape index (κ2) is 7.32. The van der Waals surface area contributed by atoms with Crippen molar-refractivity contribution in [1.82, 2.24) is 20.4 Å². The minimum Gasteiger partial charge on any atom is -0.379 e. The average Bonchev–Trinajstić information content (AvgIpc) is 3.20. The van der Waals surface area contributed by atoms with Crippen molar-refractivity contribution in [1.29, 1.82) is 0 Å². The Bertz CT molecular complexity index is 566. The third kappa shape index (κ3) is 3.73. The van der Waals surface area contributed by atoms with Crippen LogP contribution in [-0.4, -0.2) is 47.9 Å². The molecule has 2 aromatic heterocycles. The van der Waals surface area contributed by atoms with Crippen molar-refractivity contribution >= 4 is 11.3 Å². The van der Waals surface area contributed by atoms with Crippen LogP contribution in [0.15, 0.2) is 22.0 Å². The van der Waals surface area contributed by atoms with Gasteiger partial charge in [0.05, 0.1) is 25.3 Å². The molecule has 1 aliphatic rings. The molecule has 0 unspecified atom stereocenters. The largest absolute Gasteiger partial charge is 0.379 e. The van der Waals surface area contributed by atoms with Gasteiger partial charge in [-0.25, -0.2) is 0 Å². The molecule has 2 aromatic rings. The van der Waals surface area contributed by atoms with Crippen LogP contribution in [0.1, 0.15) is 35.6 Å². The van der Waals surface area contributed by atoms with Crippen LogP contribution in [0, 0.1) is 6.92 Å². The lowest BCUT2D eigenvalue weighted by Crippen LogP contribution is -2.42. The van der Waals surface area contributed by atoms with Gasteiger partial charge in [0.1, 0.15) is 0 Å². The van der Waals surface area contributed by atoms with Crippen LogP contribution < -0.4 is 5.32 Å². The Kier molecular flexibility index (Phi) is 5.20. The first-order chi connectivity index (χ1) is 10.7. The van der Waals surface area contributed by atoms with E-state index in [4.69, 9.17) is 9.26 Å². The van der Waals surface area contributed by atoms with Crippen LogP contribution in [0.25, 0.3) is 0 Å². The van der Waals surface area contributed by atoms with E-state index in [1.165, 1.54) is 4.88 Å². The summed E-state index contributed by atoms with van der Waals surface area (Å²) in [5, 5.41) is 9.51. The maximum Gasteiger partial charge on any atom is 0.243 e. The van der Waals surface area contributed by atoms with Gasteiger partial charge in [0.25, 0.3) is 0 Å². The molecule has 3 heterocycles. The highest BCUT2D eigenvalue weighted by atomic mass is 32.1. The molecule has 1 fully saturated rings. The third-order valence-electron chi connectivity index (χ3n) is 3.89. The molecule has 0 saturated carbocycles. The van der Waals surface area contributed by atoms with E-state index in [1.54, 1.807) is 11.3 Å². The number of aromatic nitrogens is 2. The summed E-state index contributed by atoms with van der Waals surface area (Å²) >= 11 is 1.80. The molecule has 1 aliphatic heterocycles. The van der Waals surface area contributed by atoms with Gasteiger partial charge in [-0.1, -0.05) is 11.2 Å². The van der Waals surface area contributed by atoms with Gasteiger partial charge >= 0.3 is 0 Å². The van der Waals surface area contributed by atoms with Crippen LogP contribution in [0.4, 0.5) is 0 Å². The fourth-order valence-corrected chi connectivity index (χ4v) is 3.51. The fourth-order valence-electron chi connectivity index (χ4n) is 2.64. The van der Waals surface area contributed by atoms with E-state index in [9.17, 15) is 0 Å². The lowest BCUT2D eigenvalue weighted by atomic mass is 10.1. The Hall–Kier alpha value is -1.28. The summed E-state index contributed by atoms with van der Waals surface area (Å²) in [5.41, 5.74) is 0. The van der Waals surface area contributed by atoms with Gasteiger partial charge < -0.3 is 14.6 Å². The zero-order valence-corrected chi connectivity index (χ0v) is 13.8. The molecule has 0 bridgehead atoms. The smallest absolute Gasteiger partial charge is 0.243 e. The second-order valence-electron chi connectivity index (χ2n) is 5.49. The van der Waals surface area contributed by atoms with Crippen LogP contribution in [0.3, 0.4) is 0 Å². The highest BCUT2D eigenvalue weighted by molar-refractivity contribution is 7.10. The maximum absolute atomic E-state index is 5.47. The van der Waals surface area contributed by atoms with E-state index >= 15 is 0 Å². The van der Waals surface area contributed by atoms with Crippen molar-refractivity contribution in [2.45, 2.75) is 25.9 Å². The summed E-state index contributed by atoms with van der Waals surface area (Å²) in [6.45, 7) is 8.29. The Morgan fingerprint density at radius 3 is 2.86 bits per heavy atom. The van der Waals surface area contributed by atoms with E-state index in [0.29, 0.717) is 17.8 Å². The Morgan fingerprint density at radius 1 is 1.41 bits per heavy atom. The highest BCUT2D eigenvalue weighted by Gasteiger charge is 2.24. The Labute approximate surface area is 134 Å². The summed E-state index contributed by atoms with van der Waals surface area (Å²) in [6, 6.07) is 4.71. The highest BCUT2D eigenvalue weighted by Crippen LogP contribution is 2.26. The van der Waals surface area contributed by atoms with Gasteiger partial charge in [0.2, 0.25) is 5.89 Å². The first-order valence-corrected chi connectivity index (χ1v) is 8.51. The van der Waals surface area contributed by atoms with Crippen LogP contribution in [-0.2, 0) is 4.74 Å². The van der Waals surface area contributed by atoms with Crippen molar-refractivity contribution in [3.05, 3.63) is 34.1 Å². The number of hydrogen-bond acceptors (Lipinski definition) is 7. The summed E-state index contributed by atoms with van der Waals surface area (Å²) in [4.78, 5) is 8.15. The predicted molar refractivity (Wildman–Crippen MR) is 84.9 cm³/mol. The Balaban J connectivity index is 1.65. The molecule has 1 saturated heterocycles. The second-order valence-corrected chi connectivity index (χ2v) is 6.47. The molecule has 22 heavy (non-hydrogen) atoms. The molecule has 3 rings (SSSR count). The topological polar surface area (TPSA) is 63.4 Å². The number of rotatable bonds is 6. The SMILES string of the molecule is Cc1noc([C@@H](C)NC[C@H](c2cccs2)N2CCOCC2)n1. The molecule has 7 heteroatoms. The van der Waals surface area contributed by atoms with Gasteiger partial charge in [0, 0.05) is 24.5 Å². The number of hydrogen-bond donors (Lipinski definition) is 1. The standard InChI is InChI=1S/C15H22N4O2S/c1-11(15-17-12(2)18-21-15)16-10-13(14-4-3-9-22-14)19-5-7-20-8-6-19/h3-4,9,11,13,16H,5-8,10H2,1-2H3/t11-,13-/m1/s1. The number of nitrogens with one attached hydrogen (secondary N) is 1. The fraction of sp³-hybridized carbons (Fsp3) is 0.600. The van der Waals surface area contributed by atoms with E-state index in [1.807, 2.05) is 6.92 Å². The third-order valence-corrected chi connectivity index (χ3v) is 4.86. The number of nitrogens with zero attached hydrogens (tertiary/aromatic N) is 3. The normalized spacial score (nSPS) is 19.2. The first-order valence-electron chi connectivity index (χ1n) is 7.63. The molecule has 0 aromatic carbocycles. The first kappa shape index (κ1) is 15.6. The van der Waals surface area contributed by atoms with Gasteiger partial charge in [-0.3, -0.25) is 4.90 Å². The van der Waals surface area contributed by atoms with Crippen molar-refractivity contribution in [3.63, 3.8) is 0 Å². The molecular weight excluding hydrogens is 300 g/mol. The molecule has 0 spiro atoms. The number of ether oxygens (including phenoxy) is 1. The number of thiophene rings is 1. The van der Waals surface area contributed by atoms with E-state index in [0.717, 1.165) is 32.8 Å². The van der Waals surface area contributed by atoms with Crippen molar-refractivity contribution in [2.24, 2.45) is 0 Å². The molecule has 2 atom stereocenters. The maximum atomic E-state index is 5.47. The zero-order chi connectivity index (χ0) is 15.4. The van der Waals surface area contributed by atoms with Gasteiger partial charge in [0.15, 0.2) is 5.82 Å². The van der Waals surface area contributed by atoms with Crippen molar-refractivity contribution < 1.29 is 9.26 Å². The lowest BCUT2D eigenvalue weighted by molar-refractivity contribution is 0.0162. The van der Waals surface area contributed by atoms with Crippen LogP contribution >= 0.6 is 11.3 Å². The average molecular weight is 322 g/mol. The Morgan fingerprint density at radius 2 is 2.23 bits per heavy atom. The molecule has 0 aliphatic carbocycles.